The summed E-state index contributed by atoms with van der Waals surface area (Å²) >= 11 is 0. The SMILES string of the molecule is Cn1ccc2c(O)c(N)n(O)c21. The Labute approximate surface area is 68.2 Å². The number of aromatic hydroxyl groups is 1. The molecule has 64 valence electrons. The van der Waals surface area contributed by atoms with Gasteiger partial charge >= 0.3 is 0 Å². The Morgan fingerprint density at radius 3 is 2.75 bits per heavy atom. The molecule has 0 aliphatic carbocycles. The summed E-state index contributed by atoms with van der Waals surface area (Å²) in [6, 6.07) is 1.69. The molecule has 0 atom stereocenters. The van der Waals surface area contributed by atoms with Gasteiger partial charge in [0.2, 0.25) is 0 Å². The second-order valence-electron chi connectivity index (χ2n) is 2.71. The highest BCUT2D eigenvalue weighted by molar-refractivity contribution is 5.90. The first-order chi connectivity index (χ1) is 5.63. The average Bonchev–Trinajstić information content (AvgIpc) is 2.51. The van der Waals surface area contributed by atoms with Crippen molar-refractivity contribution in [2.45, 2.75) is 0 Å². The van der Waals surface area contributed by atoms with E-state index in [1.807, 2.05) is 0 Å². The predicted octanol–water partition coefficient (Wildman–Crippen LogP) is 0.505. The maximum absolute atomic E-state index is 9.37. The van der Waals surface area contributed by atoms with Crippen LogP contribution in [0.4, 0.5) is 5.82 Å². The highest BCUT2D eigenvalue weighted by atomic mass is 16.5. The van der Waals surface area contributed by atoms with Gasteiger partial charge in [-0.15, -0.1) is 4.73 Å². The molecule has 2 aromatic rings. The van der Waals surface area contributed by atoms with Gasteiger partial charge in [0, 0.05) is 13.2 Å². The van der Waals surface area contributed by atoms with Crippen molar-refractivity contribution < 1.29 is 10.3 Å². The Balaban J connectivity index is 3.01. The number of aromatic nitrogens is 2. The Kier molecular flexibility index (Phi) is 1.08. The van der Waals surface area contributed by atoms with Crippen LogP contribution >= 0.6 is 0 Å². The first-order valence-electron chi connectivity index (χ1n) is 3.46. The van der Waals surface area contributed by atoms with E-state index in [0.29, 0.717) is 11.0 Å². The molecule has 2 heterocycles. The monoisotopic (exact) mass is 167 g/mol. The van der Waals surface area contributed by atoms with Crippen molar-refractivity contribution in [3.63, 3.8) is 0 Å². The van der Waals surface area contributed by atoms with E-state index in [1.165, 1.54) is 0 Å². The lowest BCUT2D eigenvalue weighted by atomic mass is 10.4. The molecule has 0 amide bonds. The van der Waals surface area contributed by atoms with Crippen molar-refractivity contribution in [3.05, 3.63) is 12.3 Å². The lowest BCUT2D eigenvalue weighted by Gasteiger charge is -1.97. The largest absolute Gasteiger partial charge is 0.504 e. The van der Waals surface area contributed by atoms with Crippen LogP contribution in [0.1, 0.15) is 0 Å². The Bertz CT molecular complexity index is 441. The summed E-state index contributed by atoms with van der Waals surface area (Å²) in [6.07, 6.45) is 1.73. The summed E-state index contributed by atoms with van der Waals surface area (Å²) in [5.74, 6) is -0.107. The average molecular weight is 167 g/mol. The van der Waals surface area contributed by atoms with Crippen LogP contribution in [-0.4, -0.2) is 19.6 Å². The Morgan fingerprint density at radius 2 is 2.17 bits per heavy atom. The van der Waals surface area contributed by atoms with E-state index in [-0.39, 0.29) is 11.6 Å². The molecule has 0 aliphatic rings. The van der Waals surface area contributed by atoms with Crippen LogP contribution in [0.25, 0.3) is 11.0 Å². The molecule has 0 spiro atoms. The molecule has 0 bridgehead atoms. The molecule has 0 unspecified atom stereocenters. The second-order valence-corrected chi connectivity index (χ2v) is 2.71. The molecule has 0 aromatic carbocycles. The number of anilines is 1. The van der Waals surface area contributed by atoms with Gasteiger partial charge in [0.15, 0.2) is 17.2 Å². The van der Waals surface area contributed by atoms with Crippen LogP contribution in [0, 0.1) is 0 Å². The molecule has 0 saturated heterocycles. The van der Waals surface area contributed by atoms with Crippen molar-refractivity contribution in [2.24, 2.45) is 7.05 Å². The third-order valence-corrected chi connectivity index (χ3v) is 1.97. The van der Waals surface area contributed by atoms with Gasteiger partial charge in [-0.1, -0.05) is 0 Å². The van der Waals surface area contributed by atoms with Crippen LogP contribution in [0.5, 0.6) is 5.75 Å². The van der Waals surface area contributed by atoms with Gasteiger partial charge in [-0.05, 0) is 6.07 Å². The minimum atomic E-state index is -0.0758. The topological polar surface area (TPSA) is 76.3 Å². The van der Waals surface area contributed by atoms with Gasteiger partial charge < -0.3 is 20.6 Å². The maximum Gasteiger partial charge on any atom is 0.185 e. The van der Waals surface area contributed by atoms with Crippen molar-refractivity contribution in [3.8, 4) is 5.75 Å². The summed E-state index contributed by atoms with van der Waals surface area (Å²) < 4.78 is 2.44. The van der Waals surface area contributed by atoms with E-state index in [9.17, 15) is 10.3 Å². The molecule has 12 heavy (non-hydrogen) atoms. The first-order valence-corrected chi connectivity index (χ1v) is 3.46. The predicted molar refractivity (Wildman–Crippen MR) is 44.2 cm³/mol. The standard InChI is InChI=1S/C7H9N3O2/c1-9-3-2-4-5(11)6(8)10(12)7(4)9/h2-3,11-12H,8H2,1H3. The highest BCUT2D eigenvalue weighted by Gasteiger charge is 2.15. The Morgan fingerprint density at radius 1 is 1.50 bits per heavy atom. The van der Waals surface area contributed by atoms with Crippen LogP contribution in [0.3, 0.4) is 0 Å². The number of hydrogen-bond donors (Lipinski definition) is 3. The molecular weight excluding hydrogens is 158 g/mol. The van der Waals surface area contributed by atoms with E-state index in [4.69, 9.17) is 5.73 Å². The molecule has 5 heteroatoms. The fraction of sp³-hybridized carbons (Fsp3) is 0.143. The number of rotatable bonds is 0. The first kappa shape index (κ1) is 6.90. The molecular formula is C7H9N3O2. The number of nitrogens with two attached hydrogens (primary N) is 1. The summed E-state index contributed by atoms with van der Waals surface area (Å²) in [5.41, 5.74) is 5.87. The molecule has 0 fully saturated rings. The zero-order valence-electron chi connectivity index (χ0n) is 6.52. The number of fused-ring (bicyclic) bond motifs is 1. The number of nitrogens with zero attached hydrogens (tertiary/aromatic N) is 2. The fourth-order valence-corrected chi connectivity index (χ4v) is 1.32. The summed E-state index contributed by atoms with van der Waals surface area (Å²) in [7, 11) is 1.76. The van der Waals surface area contributed by atoms with Gasteiger partial charge in [-0.3, -0.25) is 0 Å². The second kappa shape index (κ2) is 1.88. The van der Waals surface area contributed by atoms with Gasteiger partial charge in [0.25, 0.3) is 0 Å². The molecule has 2 rings (SSSR count). The minimum Gasteiger partial charge on any atom is -0.504 e. The minimum absolute atomic E-state index is 0.0313. The van der Waals surface area contributed by atoms with Crippen molar-refractivity contribution in [1.82, 2.24) is 9.30 Å². The lowest BCUT2D eigenvalue weighted by molar-refractivity contribution is 0.201. The number of aryl methyl sites for hydroxylation is 1. The Hall–Kier alpha value is -1.78. The quantitative estimate of drug-likeness (QED) is 0.500. The van der Waals surface area contributed by atoms with Crippen molar-refractivity contribution >= 4 is 16.9 Å². The maximum atomic E-state index is 9.37. The van der Waals surface area contributed by atoms with E-state index < -0.39 is 0 Å². The third kappa shape index (κ3) is 0.578. The van der Waals surface area contributed by atoms with Gasteiger partial charge in [-0.25, -0.2) is 0 Å². The highest BCUT2D eigenvalue weighted by Crippen LogP contribution is 2.33. The van der Waals surface area contributed by atoms with Crippen molar-refractivity contribution in [1.29, 1.82) is 0 Å². The van der Waals surface area contributed by atoms with Gasteiger partial charge in [0.05, 0.1) is 5.39 Å². The number of nitrogen functional groups attached to an aromatic ring is 1. The van der Waals surface area contributed by atoms with E-state index in [2.05, 4.69) is 0 Å². The van der Waals surface area contributed by atoms with Crippen LogP contribution in [0.2, 0.25) is 0 Å². The fourth-order valence-electron chi connectivity index (χ4n) is 1.32. The van der Waals surface area contributed by atoms with E-state index in [1.54, 1.807) is 23.9 Å². The number of hydrogen-bond acceptors (Lipinski definition) is 3. The van der Waals surface area contributed by atoms with Gasteiger partial charge in [-0.2, -0.15) is 0 Å². The van der Waals surface area contributed by atoms with Crippen LogP contribution < -0.4 is 5.73 Å². The van der Waals surface area contributed by atoms with Crippen LogP contribution in [0.15, 0.2) is 12.3 Å². The zero-order chi connectivity index (χ0) is 8.88. The molecule has 2 aromatic heterocycles. The van der Waals surface area contributed by atoms with Crippen molar-refractivity contribution in [2.75, 3.05) is 5.73 Å². The van der Waals surface area contributed by atoms with Crippen LogP contribution in [-0.2, 0) is 7.05 Å². The third-order valence-electron chi connectivity index (χ3n) is 1.97. The molecule has 5 nitrogen and oxygen atoms in total. The lowest BCUT2D eigenvalue weighted by Crippen LogP contribution is -2.00. The summed E-state index contributed by atoms with van der Waals surface area (Å²) in [4.78, 5) is 0. The molecule has 0 saturated carbocycles. The smallest absolute Gasteiger partial charge is 0.185 e. The molecule has 4 N–H and O–H groups in total. The summed E-state index contributed by atoms with van der Waals surface area (Å²) in [6.45, 7) is 0. The molecule has 0 aliphatic heterocycles. The van der Waals surface area contributed by atoms with E-state index in [0.717, 1.165) is 4.73 Å². The molecule has 0 radical (unpaired) electrons. The summed E-state index contributed by atoms with van der Waals surface area (Å²) in [5, 5.41) is 19.3. The van der Waals surface area contributed by atoms with Gasteiger partial charge in [0.1, 0.15) is 0 Å². The van der Waals surface area contributed by atoms with E-state index >= 15 is 0 Å². The zero-order valence-corrected chi connectivity index (χ0v) is 6.52. The normalized spacial score (nSPS) is 11.1.